The van der Waals surface area contributed by atoms with Gasteiger partial charge in [0, 0.05) is 6.54 Å². The van der Waals surface area contributed by atoms with E-state index in [-0.39, 0.29) is 52.5 Å². The molecule has 32 heavy (non-hydrogen) atoms. The third-order valence-electron chi connectivity index (χ3n) is 5.50. The van der Waals surface area contributed by atoms with Gasteiger partial charge < -0.3 is 24.2 Å². The Morgan fingerprint density at radius 1 is 1.09 bits per heavy atom. The van der Waals surface area contributed by atoms with Gasteiger partial charge >= 0.3 is 0 Å². The molecule has 1 saturated heterocycles. The third-order valence-corrected chi connectivity index (χ3v) is 5.50. The number of hydrogen-bond acceptors (Lipinski definition) is 7. The molecule has 0 saturated carbocycles. The third kappa shape index (κ3) is 4.69. The van der Waals surface area contributed by atoms with Gasteiger partial charge in [0.1, 0.15) is 18.1 Å². The average molecular weight is 441 g/mol. The smallest absolute Gasteiger partial charge is 0.255 e. The van der Waals surface area contributed by atoms with E-state index in [1.54, 1.807) is 36.1 Å². The number of rotatable bonds is 9. The molecule has 2 aromatic carbocycles. The van der Waals surface area contributed by atoms with E-state index in [1.165, 1.54) is 13.2 Å². The van der Waals surface area contributed by atoms with Crippen LogP contribution in [0, 0.1) is 0 Å². The molecule has 8 heteroatoms. The van der Waals surface area contributed by atoms with Crippen LogP contribution in [0.1, 0.15) is 57.3 Å². The second-order valence-electron chi connectivity index (χ2n) is 7.38. The van der Waals surface area contributed by atoms with E-state index in [0.717, 1.165) is 12.8 Å². The van der Waals surface area contributed by atoms with Crippen molar-refractivity contribution >= 4 is 18.5 Å². The summed E-state index contributed by atoms with van der Waals surface area (Å²) in [4.78, 5) is 38.3. The summed E-state index contributed by atoms with van der Waals surface area (Å²) in [5, 5.41) is 9.86. The summed E-state index contributed by atoms with van der Waals surface area (Å²) in [6, 6.07) is 7.53. The summed E-state index contributed by atoms with van der Waals surface area (Å²) in [6.45, 7) is 2.77. The van der Waals surface area contributed by atoms with Gasteiger partial charge in [-0.05, 0) is 50.5 Å². The van der Waals surface area contributed by atoms with Crippen molar-refractivity contribution in [2.24, 2.45) is 0 Å². The first-order chi connectivity index (χ1) is 15.5. The van der Waals surface area contributed by atoms with Crippen LogP contribution in [0.2, 0.25) is 0 Å². The number of phenolic OH excluding ortho intramolecular Hbond substituents is 1. The second-order valence-corrected chi connectivity index (χ2v) is 7.38. The van der Waals surface area contributed by atoms with Gasteiger partial charge in [-0.15, -0.1) is 0 Å². The summed E-state index contributed by atoms with van der Waals surface area (Å²) in [6.07, 6.45) is 3.62. The van der Waals surface area contributed by atoms with E-state index in [9.17, 15) is 19.5 Å². The Labute approximate surface area is 186 Å². The molecule has 8 nitrogen and oxygen atoms in total. The maximum atomic E-state index is 13.5. The lowest BCUT2D eigenvalue weighted by atomic mass is 9.99. The lowest BCUT2D eigenvalue weighted by Gasteiger charge is -2.36. The van der Waals surface area contributed by atoms with Gasteiger partial charge in [0.2, 0.25) is 0 Å². The SMILES string of the molecule is CCOc1c(OC)ccc(C(=O)N2CCCCC2COc2cccc(O)c2C=O)c1C=O. The maximum absolute atomic E-state index is 13.5. The van der Waals surface area contributed by atoms with E-state index in [4.69, 9.17) is 14.2 Å². The molecular weight excluding hydrogens is 414 g/mol. The molecule has 1 unspecified atom stereocenters. The quantitative estimate of drug-likeness (QED) is 0.594. The minimum absolute atomic E-state index is 0.0703. The molecule has 170 valence electrons. The molecule has 0 aromatic heterocycles. The van der Waals surface area contributed by atoms with Gasteiger partial charge in [-0.2, -0.15) is 0 Å². The van der Waals surface area contributed by atoms with Crippen LogP contribution in [-0.2, 0) is 0 Å². The Balaban J connectivity index is 1.87. The zero-order chi connectivity index (χ0) is 23.1. The normalized spacial score (nSPS) is 15.7. The van der Waals surface area contributed by atoms with Crippen LogP contribution in [0.3, 0.4) is 0 Å². The molecule has 3 rings (SSSR count). The number of aromatic hydroxyl groups is 1. The van der Waals surface area contributed by atoms with Crippen LogP contribution in [-0.4, -0.2) is 61.4 Å². The predicted octanol–water partition coefficient (Wildman–Crippen LogP) is 3.50. The first-order valence-corrected chi connectivity index (χ1v) is 10.6. The number of aldehydes is 2. The Hall–Kier alpha value is -3.55. The number of ether oxygens (including phenoxy) is 3. The highest BCUT2D eigenvalue weighted by Gasteiger charge is 2.31. The summed E-state index contributed by atoms with van der Waals surface area (Å²) in [5.41, 5.74) is 0.459. The molecule has 1 N–H and O–H groups in total. The Morgan fingerprint density at radius 3 is 2.56 bits per heavy atom. The zero-order valence-corrected chi connectivity index (χ0v) is 18.2. The van der Waals surface area contributed by atoms with E-state index in [1.807, 2.05) is 0 Å². The van der Waals surface area contributed by atoms with Crippen LogP contribution in [0.4, 0.5) is 0 Å². The van der Waals surface area contributed by atoms with Crippen molar-refractivity contribution in [1.29, 1.82) is 0 Å². The number of piperidine rings is 1. The summed E-state index contributed by atoms with van der Waals surface area (Å²) in [5.74, 6) is 0.432. The standard InChI is InChI=1S/C24H27NO7/c1-3-31-23-18(13-26)17(10-11-22(23)30-2)24(29)25-12-5-4-7-16(25)15-32-21-9-6-8-20(28)19(21)14-27/h6,8-11,13-14,16,28H,3-5,7,12,15H2,1-2H3. The molecule has 1 aliphatic rings. The first kappa shape index (κ1) is 23.1. The van der Waals surface area contributed by atoms with Crippen molar-refractivity contribution in [3.05, 3.63) is 47.0 Å². The van der Waals surface area contributed by atoms with Gasteiger partial charge in [0.15, 0.2) is 24.1 Å². The topological polar surface area (TPSA) is 102 Å². The lowest BCUT2D eigenvalue weighted by Crippen LogP contribution is -2.47. The number of phenols is 1. The van der Waals surface area contributed by atoms with Crippen molar-refractivity contribution in [3.8, 4) is 23.0 Å². The van der Waals surface area contributed by atoms with E-state index >= 15 is 0 Å². The minimum Gasteiger partial charge on any atom is -0.507 e. The van der Waals surface area contributed by atoms with Gasteiger partial charge in [-0.25, -0.2) is 0 Å². The molecule has 0 bridgehead atoms. The fourth-order valence-electron chi connectivity index (χ4n) is 3.90. The van der Waals surface area contributed by atoms with Crippen LogP contribution in [0.5, 0.6) is 23.0 Å². The summed E-state index contributed by atoms with van der Waals surface area (Å²) >= 11 is 0. The predicted molar refractivity (Wildman–Crippen MR) is 117 cm³/mol. The van der Waals surface area contributed by atoms with E-state index in [0.29, 0.717) is 37.9 Å². The highest BCUT2D eigenvalue weighted by atomic mass is 16.5. The van der Waals surface area contributed by atoms with Gasteiger partial charge in [-0.3, -0.25) is 14.4 Å². The Bertz CT molecular complexity index is 989. The number of benzene rings is 2. The maximum Gasteiger partial charge on any atom is 0.255 e. The number of methoxy groups -OCH3 is 1. The molecule has 1 fully saturated rings. The fraction of sp³-hybridized carbons (Fsp3) is 0.375. The molecule has 1 aliphatic heterocycles. The molecule has 0 aliphatic carbocycles. The lowest BCUT2D eigenvalue weighted by molar-refractivity contribution is 0.0524. The zero-order valence-electron chi connectivity index (χ0n) is 18.2. The fourth-order valence-corrected chi connectivity index (χ4v) is 3.90. The van der Waals surface area contributed by atoms with Gasteiger partial charge in [-0.1, -0.05) is 6.07 Å². The Kier molecular flexibility index (Phi) is 7.70. The highest BCUT2D eigenvalue weighted by molar-refractivity contribution is 6.03. The highest BCUT2D eigenvalue weighted by Crippen LogP contribution is 2.34. The second kappa shape index (κ2) is 10.7. The molecule has 0 spiro atoms. The summed E-state index contributed by atoms with van der Waals surface area (Å²) < 4.78 is 16.7. The molecule has 1 heterocycles. The first-order valence-electron chi connectivity index (χ1n) is 10.6. The van der Waals surface area contributed by atoms with Crippen LogP contribution < -0.4 is 14.2 Å². The summed E-state index contributed by atoms with van der Waals surface area (Å²) in [7, 11) is 1.47. The van der Waals surface area contributed by atoms with Crippen molar-refractivity contribution in [2.45, 2.75) is 32.2 Å². The van der Waals surface area contributed by atoms with Crippen molar-refractivity contribution < 1.29 is 33.7 Å². The average Bonchev–Trinajstić information content (AvgIpc) is 2.82. The van der Waals surface area contributed by atoms with E-state index in [2.05, 4.69) is 0 Å². The molecule has 2 aromatic rings. The van der Waals surface area contributed by atoms with Crippen molar-refractivity contribution in [2.75, 3.05) is 26.9 Å². The molecule has 0 radical (unpaired) electrons. The Morgan fingerprint density at radius 2 is 1.88 bits per heavy atom. The van der Waals surface area contributed by atoms with Crippen LogP contribution >= 0.6 is 0 Å². The molecule has 1 atom stereocenters. The largest absolute Gasteiger partial charge is 0.507 e. The number of carbonyl (C=O) groups is 3. The number of likely N-dealkylation sites (tertiary alicyclic amines) is 1. The molecular formula is C24H27NO7. The number of hydrogen-bond donors (Lipinski definition) is 1. The number of carbonyl (C=O) groups excluding carboxylic acids is 3. The van der Waals surface area contributed by atoms with Crippen LogP contribution in [0.15, 0.2) is 30.3 Å². The number of amides is 1. The van der Waals surface area contributed by atoms with Gasteiger partial charge in [0.05, 0.1) is 36.4 Å². The van der Waals surface area contributed by atoms with Crippen molar-refractivity contribution in [1.82, 2.24) is 4.90 Å². The minimum atomic E-state index is -0.296. The van der Waals surface area contributed by atoms with Gasteiger partial charge in [0.25, 0.3) is 5.91 Å². The monoisotopic (exact) mass is 441 g/mol. The van der Waals surface area contributed by atoms with E-state index < -0.39 is 0 Å². The van der Waals surface area contributed by atoms with Crippen LogP contribution in [0.25, 0.3) is 0 Å². The van der Waals surface area contributed by atoms with Crippen molar-refractivity contribution in [3.63, 3.8) is 0 Å². The molecule has 1 amide bonds. The number of nitrogens with zero attached hydrogens (tertiary/aromatic N) is 1.